The van der Waals surface area contributed by atoms with Crippen molar-refractivity contribution in [3.8, 4) is 0 Å². The Hall–Kier alpha value is -1.90. The van der Waals surface area contributed by atoms with Crippen LogP contribution in [0.25, 0.3) is 0 Å². The molecule has 9 heteroatoms. The molecule has 28 heavy (non-hydrogen) atoms. The van der Waals surface area contributed by atoms with Crippen molar-refractivity contribution in [3.05, 3.63) is 50.9 Å². The van der Waals surface area contributed by atoms with Gasteiger partial charge in [-0.15, -0.1) is 11.3 Å². The molecule has 1 saturated heterocycles. The summed E-state index contributed by atoms with van der Waals surface area (Å²) in [5.74, 6) is -0.556. The summed E-state index contributed by atoms with van der Waals surface area (Å²) in [4.78, 5) is 26.7. The molecular weight excluding hydrogens is 420 g/mol. The van der Waals surface area contributed by atoms with Crippen LogP contribution in [-0.2, 0) is 22.7 Å². The quantitative estimate of drug-likeness (QED) is 0.767. The van der Waals surface area contributed by atoms with Gasteiger partial charge in [-0.05, 0) is 55.5 Å². The summed E-state index contributed by atoms with van der Waals surface area (Å²) in [6.45, 7) is 0. The zero-order valence-electron chi connectivity index (χ0n) is 15.0. The summed E-state index contributed by atoms with van der Waals surface area (Å²) in [5.41, 5.74) is 1.89. The lowest BCUT2D eigenvalue weighted by molar-refractivity contribution is 0.0941. The molecule has 148 valence electrons. The summed E-state index contributed by atoms with van der Waals surface area (Å²) in [6, 6.07) is 6.15. The molecule has 1 atom stereocenters. The summed E-state index contributed by atoms with van der Waals surface area (Å²) in [5, 5.41) is 6.76. The van der Waals surface area contributed by atoms with Crippen molar-refractivity contribution >= 4 is 49.6 Å². The van der Waals surface area contributed by atoms with Crippen LogP contribution in [0.5, 0.6) is 0 Å². The van der Waals surface area contributed by atoms with E-state index in [0.29, 0.717) is 27.6 Å². The number of hydrogen-bond donors (Lipinski definition) is 2. The van der Waals surface area contributed by atoms with Crippen LogP contribution in [0.1, 0.15) is 44.0 Å². The Morgan fingerprint density at radius 1 is 1.11 bits per heavy atom. The van der Waals surface area contributed by atoms with E-state index in [2.05, 4.69) is 10.6 Å². The summed E-state index contributed by atoms with van der Waals surface area (Å²) < 4.78 is 23.3. The SMILES string of the molecule is O=C(Nc1sc2c(c1C(=O)N[C@H]1CCS(=O)(=O)C1)CCC2)c1ccc(Cl)cc1. The van der Waals surface area contributed by atoms with Gasteiger partial charge in [-0.2, -0.15) is 0 Å². The molecule has 2 N–H and O–H groups in total. The highest BCUT2D eigenvalue weighted by molar-refractivity contribution is 7.91. The second kappa shape index (κ2) is 7.50. The number of halogens is 1. The second-order valence-corrected chi connectivity index (χ2v) is 10.9. The van der Waals surface area contributed by atoms with Crippen LogP contribution in [0.2, 0.25) is 5.02 Å². The molecule has 1 aliphatic heterocycles. The third kappa shape index (κ3) is 3.94. The molecule has 2 aromatic rings. The molecular formula is C19H19ClN2O4S2. The maximum Gasteiger partial charge on any atom is 0.256 e. The number of sulfone groups is 1. The van der Waals surface area contributed by atoms with Gasteiger partial charge in [0.25, 0.3) is 11.8 Å². The topological polar surface area (TPSA) is 92.3 Å². The number of amides is 2. The number of aryl methyl sites for hydroxylation is 1. The van der Waals surface area contributed by atoms with Crippen LogP contribution in [0.3, 0.4) is 0 Å². The van der Waals surface area contributed by atoms with E-state index in [-0.39, 0.29) is 29.4 Å². The molecule has 0 bridgehead atoms. The van der Waals surface area contributed by atoms with E-state index >= 15 is 0 Å². The van der Waals surface area contributed by atoms with Crippen molar-refractivity contribution in [2.24, 2.45) is 0 Å². The summed E-state index contributed by atoms with van der Waals surface area (Å²) in [7, 11) is -3.08. The molecule has 1 aromatic heterocycles. The lowest BCUT2D eigenvalue weighted by atomic mass is 10.1. The largest absolute Gasteiger partial charge is 0.348 e. The molecule has 4 rings (SSSR count). The highest BCUT2D eigenvalue weighted by atomic mass is 35.5. The van der Waals surface area contributed by atoms with E-state index in [1.807, 2.05) is 0 Å². The summed E-state index contributed by atoms with van der Waals surface area (Å²) >= 11 is 7.29. The zero-order chi connectivity index (χ0) is 19.9. The van der Waals surface area contributed by atoms with E-state index in [9.17, 15) is 18.0 Å². The predicted molar refractivity (Wildman–Crippen MR) is 110 cm³/mol. The van der Waals surface area contributed by atoms with Crippen molar-refractivity contribution in [3.63, 3.8) is 0 Å². The minimum absolute atomic E-state index is 0.0302. The van der Waals surface area contributed by atoms with Crippen molar-refractivity contribution in [1.82, 2.24) is 5.32 Å². The Balaban J connectivity index is 1.57. The lowest BCUT2D eigenvalue weighted by Crippen LogP contribution is -2.36. The fourth-order valence-electron chi connectivity index (χ4n) is 3.68. The van der Waals surface area contributed by atoms with Gasteiger partial charge in [0.2, 0.25) is 0 Å². The Morgan fingerprint density at radius 2 is 1.86 bits per heavy atom. The average molecular weight is 439 g/mol. The number of rotatable bonds is 4. The molecule has 0 spiro atoms. The Morgan fingerprint density at radius 3 is 2.54 bits per heavy atom. The zero-order valence-corrected chi connectivity index (χ0v) is 17.3. The maximum atomic E-state index is 12.9. The first-order valence-electron chi connectivity index (χ1n) is 9.05. The first-order chi connectivity index (χ1) is 13.3. The standard InChI is InChI=1S/C19H19ClN2O4S2/c20-12-6-4-11(5-7-12)17(23)22-19-16(14-2-1-3-15(14)27-19)18(24)21-13-8-9-28(25,26)10-13/h4-7,13H,1-3,8-10H2,(H,21,24)(H,22,23)/t13-/m0/s1. The van der Waals surface area contributed by atoms with Gasteiger partial charge in [0.1, 0.15) is 5.00 Å². The van der Waals surface area contributed by atoms with Gasteiger partial charge in [0.05, 0.1) is 17.1 Å². The van der Waals surface area contributed by atoms with Crippen LogP contribution in [0.4, 0.5) is 5.00 Å². The minimum atomic E-state index is -3.08. The molecule has 1 aliphatic carbocycles. The van der Waals surface area contributed by atoms with Crippen LogP contribution >= 0.6 is 22.9 Å². The Labute approximate surface area is 172 Å². The third-order valence-corrected chi connectivity index (χ3v) is 8.28. The fraction of sp³-hybridized carbons (Fsp3) is 0.368. The minimum Gasteiger partial charge on any atom is -0.348 e. The number of anilines is 1. The number of benzene rings is 1. The van der Waals surface area contributed by atoms with Crippen molar-refractivity contribution < 1.29 is 18.0 Å². The van der Waals surface area contributed by atoms with E-state index < -0.39 is 9.84 Å². The number of carbonyl (C=O) groups excluding carboxylic acids is 2. The summed E-state index contributed by atoms with van der Waals surface area (Å²) in [6.07, 6.45) is 3.07. The number of fused-ring (bicyclic) bond motifs is 1. The fourth-order valence-corrected chi connectivity index (χ4v) is 6.76. The molecule has 0 saturated carbocycles. The second-order valence-electron chi connectivity index (χ2n) is 7.10. The number of hydrogen-bond acceptors (Lipinski definition) is 5. The first-order valence-corrected chi connectivity index (χ1v) is 12.1. The third-order valence-electron chi connectivity index (χ3n) is 5.05. The van der Waals surface area contributed by atoms with E-state index in [1.165, 1.54) is 11.3 Å². The van der Waals surface area contributed by atoms with E-state index in [1.54, 1.807) is 24.3 Å². The molecule has 2 amide bonds. The van der Waals surface area contributed by atoms with Crippen molar-refractivity contribution in [2.75, 3.05) is 16.8 Å². The highest BCUT2D eigenvalue weighted by Crippen LogP contribution is 2.39. The smallest absolute Gasteiger partial charge is 0.256 e. The van der Waals surface area contributed by atoms with Gasteiger partial charge < -0.3 is 10.6 Å². The average Bonchev–Trinajstić information content (AvgIpc) is 3.29. The molecule has 1 fully saturated rings. The van der Waals surface area contributed by atoms with E-state index in [0.717, 1.165) is 29.7 Å². The Kier molecular flexibility index (Phi) is 5.20. The molecule has 0 radical (unpaired) electrons. The van der Waals surface area contributed by atoms with Gasteiger partial charge >= 0.3 is 0 Å². The molecule has 0 unspecified atom stereocenters. The number of nitrogens with one attached hydrogen (secondary N) is 2. The van der Waals surface area contributed by atoms with Crippen LogP contribution in [0.15, 0.2) is 24.3 Å². The first kappa shape index (κ1) is 19.4. The van der Waals surface area contributed by atoms with Crippen LogP contribution in [-0.4, -0.2) is 37.8 Å². The predicted octanol–water partition coefficient (Wildman–Crippen LogP) is 3.06. The number of carbonyl (C=O) groups is 2. The van der Waals surface area contributed by atoms with Crippen molar-refractivity contribution in [1.29, 1.82) is 0 Å². The molecule has 2 aliphatic rings. The van der Waals surface area contributed by atoms with Gasteiger partial charge in [-0.3, -0.25) is 9.59 Å². The highest BCUT2D eigenvalue weighted by Gasteiger charge is 2.32. The van der Waals surface area contributed by atoms with Gasteiger partial charge in [0, 0.05) is 21.5 Å². The van der Waals surface area contributed by atoms with Gasteiger partial charge in [-0.1, -0.05) is 11.6 Å². The number of thiophene rings is 1. The molecule has 2 heterocycles. The van der Waals surface area contributed by atoms with E-state index in [4.69, 9.17) is 11.6 Å². The monoisotopic (exact) mass is 438 g/mol. The van der Waals surface area contributed by atoms with Crippen molar-refractivity contribution in [2.45, 2.75) is 31.7 Å². The molecule has 6 nitrogen and oxygen atoms in total. The molecule has 1 aromatic carbocycles. The normalized spacial score (nSPS) is 20.0. The van der Waals surface area contributed by atoms with Crippen LogP contribution < -0.4 is 10.6 Å². The maximum absolute atomic E-state index is 12.9. The lowest BCUT2D eigenvalue weighted by Gasteiger charge is -2.13. The van der Waals surface area contributed by atoms with Crippen LogP contribution in [0, 0.1) is 0 Å². The van der Waals surface area contributed by atoms with Gasteiger partial charge in [0.15, 0.2) is 9.84 Å². The Bertz CT molecular complexity index is 1040. The van der Waals surface area contributed by atoms with Gasteiger partial charge in [-0.25, -0.2) is 8.42 Å².